The van der Waals surface area contributed by atoms with E-state index in [9.17, 15) is 9.18 Å². The van der Waals surface area contributed by atoms with E-state index in [2.05, 4.69) is 0 Å². The number of carbonyl (C=O) groups excluding carboxylic acids is 1. The molecule has 0 radical (unpaired) electrons. The third-order valence-electron chi connectivity index (χ3n) is 4.18. The van der Waals surface area contributed by atoms with Crippen LogP contribution in [0.15, 0.2) is 54.6 Å². The van der Waals surface area contributed by atoms with Crippen molar-refractivity contribution in [3.63, 3.8) is 0 Å². The highest BCUT2D eigenvalue weighted by atomic mass is 19.1. The van der Waals surface area contributed by atoms with Gasteiger partial charge < -0.3 is 4.90 Å². The fourth-order valence-corrected chi connectivity index (χ4v) is 2.88. The molecule has 0 spiro atoms. The molecule has 0 N–H and O–H groups in total. The van der Waals surface area contributed by atoms with Gasteiger partial charge in [-0.25, -0.2) is 4.39 Å². The third-order valence-corrected chi connectivity index (χ3v) is 4.18. The predicted molar refractivity (Wildman–Crippen MR) is 81.8 cm³/mol. The van der Waals surface area contributed by atoms with Crippen LogP contribution in [0.3, 0.4) is 0 Å². The zero-order valence-corrected chi connectivity index (χ0v) is 12.1. The molecule has 0 atom stereocenters. The highest BCUT2D eigenvalue weighted by Gasteiger charge is 2.54. The van der Waals surface area contributed by atoms with Crippen molar-refractivity contribution in [1.82, 2.24) is 0 Å². The van der Waals surface area contributed by atoms with Crippen LogP contribution in [0.1, 0.15) is 25.3 Å². The Morgan fingerprint density at radius 1 is 1.10 bits per heavy atom. The number of nitrogens with zero attached hydrogens (tertiary/aromatic N) is 1. The zero-order chi connectivity index (χ0) is 14.9. The molecule has 0 unspecified atom stereocenters. The Balaban J connectivity index is 1.96. The average molecular weight is 283 g/mol. The van der Waals surface area contributed by atoms with E-state index >= 15 is 0 Å². The van der Waals surface area contributed by atoms with Gasteiger partial charge in [-0.2, -0.15) is 0 Å². The van der Waals surface area contributed by atoms with E-state index in [1.807, 2.05) is 37.3 Å². The van der Waals surface area contributed by atoms with Crippen molar-refractivity contribution in [2.45, 2.75) is 25.2 Å². The lowest BCUT2D eigenvalue weighted by Crippen LogP contribution is -2.39. The molecular weight excluding hydrogens is 265 g/mol. The van der Waals surface area contributed by atoms with E-state index in [-0.39, 0.29) is 11.7 Å². The largest absolute Gasteiger partial charge is 0.312 e. The Kier molecular flexibility index (Phi) is 3.50. The van der Waals surface area contributed by atoms with Crippen LogP contribution in [0.25, 0.3) is 0 Å². The van der Waals surface area contributed by atoms with Crippen LogP contribution in [0.2, 0.25) is 0 Å². The molecule has 3 rings (SSSR count). The van der Waals surface area contributed by atoms with Gasteiger partial charge >= 0.3 is 0 Å². The van der Waals surface area contributed by atoms with Gasteiger partial charge in [0.15, 0.2) is 0 Å². The van der Waals surface area contributed by atoms with Gasteiger partial charge in [0.05, 0.1) is 5.41 Å². The normalized spacial score (nSPS) is 15.5. The minimum atomic E-state index is -0.669. The summed E-state index contributed by atoms with van der Waals surface area (Å²) >= 11 is 0. The van der Waals surface area contributed by atoms with Crippen molar-refractivity contribution >= 4 is 11.6 Å². The lowest BCUT2D eigenvalue weighted by atomic mass is 9.93. The maximum absolute atomic E-state index is 14.1. The molecule has 1 saturated carbocycles. The fraction of sp³-hybridized carbons (Fsp3) is 0.278. The maximum atomic E-state index is 14.1. The molecule has 1 fully saturated rings. The number of anilines is 1. The first-order valence-electron chi connectivity index (χ1n) is 7.31. The molecule has 3 heteroatoms. The molecule has 1 amide bonds. The second-order valence-corrected chi connectivity index (χ2v) is 5.45. The number of rotatable bonds is 4. The molecule has 0 bridgehead atoms. The lowest BCUT2D eigenvalue weighted by molar-refractivity contribution is -0.121. The summed E-state index contributed by atoms with van der Waals surface area (Å²) in [7, 11) is 0. The quantitative estimate of drug-likeness (QED) is 0.833. The van der Waals surface area contributed by atoms with E-state index in [0.717, 1.165) is 18.5 Å². The van der Waals surface area contributed by atoms with Gasteiger partial charge in [0.2, 0.25) is 5.91 Å². The molecule has 0 heterocycles. The number of hydrogen-bond acceptors (Lipinski definition) is 1. The fourth-order valence-electron chi connectivity index (χ4n) is 2.88. The summed E-state index contributed by atoms with van der Waals surface area (Å²) in [6.07, 6.45) is 1.44. The van der Waals surface area contributed by atoms with E-state index in [1.165, 1.54) is 6.07 Å². The predicted octanol–water partition coefficient (Wildman–Crippen LogP) is 3.91. The lowest BCUT2D eigenvalue weighted by Gasteiger charge is -2.27. The van der Waals surface area contributed by atoms with Crippen molar-refractivity contribution in [2.24, 2.45) is 0 Å². The summed E-state index contributed by atoms with van der Waals surface area (Å²) in [5, 5.41) is 0. The first kappa shape index (κ1) is 13.8. The van der Waals surface area contributed by atoms with Crippen molar-refractivity contribution < 1.29 is 9.18 Å². The number of hydrogen-bond donors (Lipinski definition) is 0. The van der Waals surface area contributed by atoms with Crippen LogP contribution < -0.4 is 4.90 Å². The number of likely N-dealkylation sites (N-methyl/N-ethyl adjacent to an activating group) is 1. The van der Waals surface area contributed by atoms with Crippen LogP contribution in [0, 0.1) is 5.82 Å². The molecular formula is C18H18FNO. The van der Waals surface area contributed by atoms with Crippen LogP contribution in [-0.2, 0) is 10.2 Å². The Labute approximate surface area is 124 Å². The smallest absolute Gasteiger partial charge is 0.237 e. The van der Waals surface area contributed by atoms with Crippen molar-refractivity contribution in [3.8, 4) is 0 Å². The van der Waals surface area contributed by atoms with Gasteiger partial charge in [-0.3, -0.25) is 4.79 Å². The second-order valence-electron chi connectivity index (χ2n) is 5.45. The molecule has 1 aliphatic carbocycles. The Bertz CT molecular complexity index is 649. The van der Waals surface area contributed by atoms with Crippen LogP contribution in [0.4, 0.5) is 10.1 Å². The van der Waals surface area contributed by atoms with Gasteiger partial charge in [-0.1, -0.05) is 36.4 Å². The monoisotopic (exact) mass is 283 g/mol. The maximum Gasteiger partial charge on any atom is 0.237 e. The molecule has 2 aromatic rings. The summed E-state index contributed by atoms with van der Waals surface area (Å²) in [4.78, 5) is 14.7. The molecule has 0 aromatic heterocycles. The SMILES string of the molecule is CCN(C(=O)C1(c2ccccc2F)CC1)c1ccccc1. The summed E-state index contributed by atoms with van der Waals surface area (Å²) in [5.41, 5.74) is 0.731. The molecule has 108 valence electrons. The molecule has 0 saturated heterocycles. The van der Waals surface area contributed by atoms with Gasteiger partial charge in [-0.15, -0.1) is 0 Å². The van der Waals surface area contributed by atoms with Crippen LogP contribution in [0.5, 0.6) is 0 Å². The summed E-state index contributed by atoms with van der Waals surface area (Å²) in [6, 6.07) is 16.2. The van der Waals surface area contributed by atoms with Crippen LogP contribution in [-0.4, -0.2) is 12.5 Å². The van der Waals surface area contributed by atoms with Crippen LogP contribution >= 0.6 is 0 Å². The van der Waals surface area contributed by atoms with Gasteiger partial charge in [-0.05, 0) is 38.0 Å². The minimum Gasteiger partial charge on any atom is -0.312 e. The van der Waals surface area contributed by atoms with Gasteiger partial charge in [0, 0.05) is 17.8 Å². The Morgan fingerprint density at radius 2 is 1.71 bits per heavy atom. The van der Waals surface area contributed by atoms with E-state index in [0.29, 0.717) is 12.1 Å². The number of halogens is 1. The highest BCUT2D eigenvalue weighted by molar-refractivity contribution is 6.03. The topological polar surface area (TPSA) is 20.3 Å². The summed E-state index contributed by atoms with van der Waals surface area (Å²) < 4.78 is 14.1. The van der Waals surface area contributed by atoms with Crippen molar-refractivity contribution in [1.29, 1.82) is 0 Å². The molecule has 2 nitrogen and oxygen atoms in total. The van der Waals surface area contributed by atoms with Gasteiger partial charge in [0.25, 0.3) is 0 Å². The molecule has 0 aliphatic heterocycles. The minimum absolute atomic E-state index is 0.00120. The highest BCUT2D eigenvalue weighted by Crippen LogP contribution is 2.50. The first-order valence-corrected chi connectivity index (χ1v) is 7.31. The summed E-state index contributed by atoms with van der Waals surface area (Å²) in [5.74, 6) is -0.284. The number of carbonyl (C=O) groups is 1. The van der Waals surface area contributed by atoms with E-state index in [4.69, 9.17) is 0 Å². The Morgan fingerprint density at radius 3 is 2.29 bits per heavy atom. The average Bonchev–Trinajstić information content (AvgIpc) is 3.31. The van der Waals surface area contributed by atoms with Crippen molar-refractivity contribution in [3.05, 3.63) is 66.0 Å². The summed E-state index contributed by atoms with van der Waals surface area (Å²) in [6.45, 7) is 2.53. The third kappa shape index (κ3) is 2.33. The van der Waals surface area contributed by atoms with E-state index in [1.54, 1.807) is 23.1 Å². The standard InChI is InChI=1S/C18H18FNO/c1-2-20(14-8-4-3-5-9-14)17(21)18(12-13-18)15-10-6-7-11-16(15)19/h3-11H,2,12-13H2,1H3. The Hall–Kier alpha value is -2.16. The van der Waals surface area contributed by atoms with Crippen molar-refractivity contribution in [2.75, 3.05) is 11.4 Å². The molecule has 21 heavy (non-hydrogen) atoms. The zero-order valence-electron chi connectivity index (χ0n) is 12.1. The number of para-hydroxylation sites is 1. The first-order chi connectivity index (χ1) is 10.2. The second kappa shape index (κ2) is 5.32. The number of benzene rings is 2. The molecule has 2 aromatic carbocycles. The number of amides is 1. The van der Waals surface area contributed by atoms with E-state index < -0.39 is 5.41 Å². The van der Waals surface area contributed by atoms with Gasteiger partial charge in [0.1, 0.15) is 5.82 Å². The molecule has 1 aliphatic rings.